The van der Waals surface area contributed by atoms with Gasteiger partial charge in [-0.15, -0.1) is 0 Å². The van der Waals surface area contributed by atoms with Crippen LogP contribution < -0.4 is 20.9 Å². The fourth-order valence-electron chi connectivity index (χ4n) is 4.94. The summed E-state index contributed by atoms with van der Waals surface area (Å²) in [6.45, 7) is -0.157. The van der Waals surface area contributed by atoms with Gasteiger partial charge in [-0.05, 0) is 42.0 Å². The van der Waals surface area contributed by atoms with Crippen molar-refractivity contribution in [3.63, 3.8) is 0 Å². The number of benzene rings is 3. The van der Waals surface area contributed by atoms with Gasteiger partial charge in [0.25, 0.3) is 11.5 Å². The van der Waals surface area contributed by atoms with Gasteiger partial charge in [0.15, 0.2) is 0 Å². The molecule has 10 nitrogen and oxygen atoms in total. The highest BCUT2D eigenvalue weighted by atomic mass is 19.1. The lowest BCUT2D eigenvalue weighted by Gasteiger charge is -2.14. The van der Waals surface area contributed by atoms with E-state index in [-0.39, 0.29) is 35.7 Å². The SMILES string of the molecule is COc1cccc(-c2ccc(C(=O)Nc3cnc(-c4ccccc4)n(CC(=O)NCc4cc5cnccc5[nH]4)c3=O)cc2F)c1. The van der Waals surface area contributed by atoms with E-state index in [1.54, 1.807) is 60.9 Å². The molecule has 0 unspecified atom stereocenters. The highest BCUT2D eigenvalue weighted by Crippen LogP contribution is 2.27. The lowest BCUT2D eigenvalue weighted by Crippen LogP contribution is -2.35. The predicted octanol–water partition coefficient (Wildman–Crippen LogP) is 5.17. The van der Waals surface area contributed by atoms with Crippen LogP contribution in [-0.4, -0.2) is 38.4 Å². The van der Waals surface area contributed by atoms with E-state index in [9.17, 15) is 14.4 Å². The van der Waals surface area contributed by atoms with Crippen LogP contribution in [0.2, 0.25) is 0 Å². The van der Waals surface area contributed by atoms with Crippen LogP contribution >= 0.6 is 0 Å². The number of methoxy groups -OCH3 is 1. The maximum atomic E-state index is 15.1. The fraction of sp³-hybridized carbons (Fsp3) is 0.0882. The molecule has 0 fully saturated rings. The molecule has 0 saturated heterocycles. The summed E-state index contributed by atoms with van der Waals surface area (Å²) in [5, 5.41) is 6.26. The van der Waals surface area contributed by atoms with Crippen molar-refractivity contribution >= 4 is 28.4 Å². The number of aromatic amines is 1. The largest absolute Gasteiger partial charge is 0.497 e. The first-order chi connectivity index (χ1) is 21.9. The molecular formula is C34H27FN6O4. The van der Waals surface area contributed by atoms with Gasteiger partial charge in [-0.25, -0.2) is 9.37 Å². The van der Waals surface area contributed by atoms with Crippen molar-refractivity contribution in [1.82, 2.24) is 24.8 Å². The van der Waals surface area contributed by atoms with Crippen LogP contribution in [0.15, 0.2) is 108 Å². The number of H-pyrrole nitrogens is 1. The molecule has 3 aromatic heterocycles. The van der Waals surface area contributed by atoms with E-state index in [4.69, 9.17) is 4.74 Å². The second-order valence-corrected chi connectivity index (χ2v) is 10.2. The maximum absolute atomic E-state index is 15.1. The monoisotopic (exact) mass is 602 g/mol. The third kappa shape index (κ3) is 6.32. The van der Waals surface area contributed by atoms with Crippen LogP contribution in [0.3, 0.4) is 0 Å². The van der Waals surface area contributed by atoms with Crippen molar-refractivity contribution in [2.75, 3.05) is 12.4 Å². The highest BCUT2D eigenvalue weighted by Gasteiger charge is 2.18. The summed E-state index contributed by atoms with van der Waals surface area (Å²) < 4.78 is 21.5. The molecule has 3 N–H and O–H groups in total. The van der Waals surface area contributed by atoms with Crippen LogP contribution in [-0.2, 0) is 17.9 Å². The topological polar surface area (TPSA) is 131 Å². The molecule has 0 radical (unpaired) electrons. The van der Waals surface area contributed by atoms with Gasteiger partial charge in [0.05, 0.1) is 19.9 Å². The first kappa shape index (κ1) is 29.0. The molecule has 11 heteroatoms. The van der Waals surface area contributed by atoms with E-state index >= 15 is 4.39 Å². The molecule has 0 atom stereocenters. The Morgan fingerprint density at radius 2 is 1.78 bits per heavy atom. The maximum Gasteiger partial charge on any atom is 0.278 e. The second-order valence-electron chi connectivity index (χ2n) is 10.2. The summed E-state index contributed by atoms with van der Waals surface area (Å²) in [6.07, 6.45) is 4.62. The molecule has 0 aliphatic rings. The summed E-state index contributed by atoms with van der Waals surface area (Å²) in [5.74, 6) is -0.943. The number of ether oxygens (including phenoxy) is 1. The zero-order valence-electron chi connectivity index (χ0n) is 24.1. The predicted molar refractivity (Wildman–Crippen MR) is 168 cm³/mol. The zero-order valence-corrected chi connectivity index (χ0v) is 24.1. The van der Waals surface area contributed by atoms with Crippen LogP contribution in [0.5, 0.6) is 5.75 Å². The average molecular weight is 603 g/mol. The first-order valence-electron chi connectivity index (χ1n) is 14.0. The molecule has 0 aliphatic heterocycles. The second kappa shape index (κ2) is 12.6. The average Bonchev–Trinajstić information content (AvgIpc) is 3.49. The van der Waals surface area contributed by atoms with Crippen molar-refractivity contribution in [2.24, 2.45) is 0 Å². The number of aromatic nitrogens is 4. The number of carbonyl (C=O) groups is 2. The van der Waals surface area contributed by atoms with Crippen molar-refractivity contribution in [1.29, 1.82) is 0 Å². The normalized spacial score (nSPS) is 10.9. The summed E-state index contributed by atoms with van der Waals surface area (Å²) in [5.41, 5.74) is 2.34. The molecule has 0 aliphatic carbocycles. The Labute approximate surface area is 256 Å². The van der Waals surface area contributed by atoms with Gasteiger partial charge in [0.2, 0.25) is 5.91 Å². The summed E-state index contributed by atoms with van der Waals surface area (Å²) in [6, 6.07) is 23.6. The van der Waals surface area contributed by atoms with Crippen molar-refractivity contribution < 1.29 is 18.7 Å². The molecule has 224 valence electrons. The first-order valence-corrected chi connectivity index (χ1v) is 14.0. The molecule has 6 rings (SSSR count). The molecule has 45 heavy (non-hydrogen) atoms. The van der Waals surface area contributed by atoms with Gasteiger partial charge in [-0.3, -0.25) is 23.9 Å². The molecule has 3 heterocycles. The number of pyridine rings is 1. The Balaban J connectivity index is 1.24. The smallest absolute Gasteiger partial charge is 0.278 e. The van der Waals surface area contributed by atoms with Gasteiger partial charge in [0, 0.05) is 45.7 Å². The number of fused-ring (bicyclic) bond motifs is 1. The van der Waals surface area contributed by atoms with Crippen molar-refractivity contribution in [3.05, 3.63) is 131 Å². The minimum Gasteiger partial charge on any atom is -0.497 e. The van der Waals surface area contributed by atoms with Crippen LogP contribution in [0.1, 0.15) is 16.1 Å². The number of hydrogen-bond donors (Lipinski definition) is 3. The van der Waals surface area contributed by atoms with E-state index in [1.807, 2.05) is 18.2 Å². The van der Waals surface area contributed by atoms with E-state index in [2.05, 4.69) is 25.6 Å². The summed E-state index contributed by atoms with van der Waals surface area (Å²) in [4.78, 5) is 51.6. The quantitative estimate of drug-likeness (QED) is 0.209. The Morgan fingerprint density at radius 1 is 0.956 bits per heavy atom. The highest BCUT2D eigenvalue weighted by molar-refractivity contribution is 6.04. The Morgan fingerprint density at radius 3 is 2.56 bits per heavy atom. The Hall–Kier alpha value is -6.10. The molecule has 0 bridgehead atoms. The molecule has 0 saturated carbocycles. The number of amides is 2. The molecule has 6 aromatic rings. The number of halogens is 1. The van der Waals surface area contributed by atoms with Gasteiger partial charge >= 0.3 is 0 Å². The van der Waals surface area contributed by atoms with Crippen molar-refractivity contribution in [3.8, 4) is 28.3 Å². The minimum absolute atomic E-state index is 0.00325. The molecular weight excluding hydrogens is 575 g/mol. The number of rotatable bonds is 9. The van der Waals surface area contributed by atoms with Gasteiger partial charge in [-0.1, -0.05) is 48.5 Å². The van der Waals surface area contributed by atoms with E-state index in [0.717, 1.165) is 22.7 Å². The molecule has 3 aromatic carbocycles. The van der Waals surface area contributed by atoms with E-state index in [0.29, 0.717) is 16.9 Å². The minimum atomic E-state index is -0.707. The van der Waals surface area contributed by atoms with Gasteiger partial charge in [0.1, 0.15) is 29.6 Å². The van der Waals surface area contributed by atoms with Gasteiger partial charge < -0.3 is 20.4 Å². The Bertz CT molecular complexity index is 2060. The molecule has 0 spiro atoms. The number of nitrogens with one attached hydrogen (secondary N) is 3. The summed E-state index contributed by atoms with van der Waals surface area (Å²) in [7, 11) is 1.52. The number of hydrogen-bond acceptors (Lipinski definition) is 6. The van der Waals surface area contributed by atoms with Crippen molar-refractivity contribution in [2.45, 2.75) is 13.1 Å². The zero-order chi connectivity index (χ0) is 31.3. The van der Waals surface area contributed by atoms with E-state index < -0.39 is 23.2 Å². The fourth-order valence-corrected chi connectivity index (χ4v) is 4.94. The molecule has 2 amide bonds. The lowest BCUT2D eigenvalue weighted by molar-refractivity contribution is -0.121. The lowest BCUT2D eigenvalue weighted by atomic mass is 10.0. The van der Waals surface area contributed by atoms with Crippen LogP contribution in [0.25, 0.3) is 33.4 Å². The standard InChI is InChI=1S/C34H27FN6O4/c1-45-26-9-5-8-22(15-26)27-11-10-23(16-28(27)35)33(43)40-30-19-38-32(21-6-3-2-4-7-21)41(34(30)44)20-31(42)37-18-25-14-24-17-36-13-12-29(24)39-25/h2-17,19,39H,18,20H2,1H3,(H,37,42)(H,40,43). The number of nitrogens with zero attached hydrogens (tertiary/aromatic N) is 3. The number of anilines is 1. The van der Waals surface area contributed by atoms with E-state index in [1.165, 1.54) is 30.0 Å². The summed E-state index contributed by atoms with van der Waals surface area (Å²) >= 11 is 0. The van der Waals surface area contributed by atoms with Crippen LogP contribution in [0.4, 0.5) is 10.1 Å². The third-order valence-electron chi connectivity index (χ3n) is 7.19. The van der Waals surface area contributed by atoms with Gasteiger partial charge in [-0.2, -0.15) is 0 Å². The van der Waals surface area contributed by atoms with Crippen LogP contribution in [0, 0.1) is 5.82 Å². The third-order valence-corrected chi connectivity index (χ3v) is 7.19. The number of carbonyl (C=O) groups excluding carboxylic acids is 2. The Kier molecular flexibility index (Phi) is 8.14.